The van der Waals surface area contributed by atoms with Gasteiger partial charge in [-0.25, -0.2) is 0 Å². The number of nitrogens with one attached hydrogen (secondary N) is 1. The summed E-state index contributed by atoms with van der Waals surface area (Å²) in [5, 5.41) is 14.2. The van der Waals surface area contributed by atoms with Crippen LogP contribution in [0.5, 0.6) is 17.2 Å². The Hall–Kier alpha value is -3.59. The van der Waals surface area contributed by atoms with Crippen LogP contribution in [0.3, 0.4) is 0 Å². The van der Waals surface area contributed by atoms with Gasteiger partial charge in [0.05, 0.1) is 26.3 Å². The van der Waals surface area contributed by atoms with Gasteiger partial charge in [-0.15, -0.1) is 0 Å². The molecule has 0 aliphatic carbocycles. The minimum absolute atomic E-state index is 0.0737. The number of carbonyl (C=O) groups is 1. The van der Waals surface area contributed by atoms with Crippen molar-refractivity contribution < 1.29 is 23.9 Å². The zero-order valence-corrected chi connectivity index (χ0v) is 18.6. The third kappa shape index (κ3) is 4.77. The summed E-state index contributed by atoms with van der Waals surface area (Å²) < 4.78 is 16.7. The van der Waals surface area contributed by atoms with Crippen LogP contribution in [0.1, 0.15) is 10.4 Å². The number of nitro benzene ring substituents is 1. The first-order valence-electron chi connectivity index (χ1n) is 9.03. The lowest BCUT2D eigenvalue weighted by Crippen LogP contribution is -2.14. The number of hydrogen-bond donors (Lipinski definition) is 1. The summed E-state index contributed by atoms with van der Waals surface area (Å²) in [6, 6.07) is 15.0. The first-order chi connectivity index (χ1) is 14.9. The molecule has 0 unspecified atom stereocenters. The minimum atomic E-state index is -0.557. The van der Waals surface area contributed by atoms with E-state index in [1.807, 2.05) is 24.3 Å². The molecule has 0 radical (unpaired) electrons. The van der Waals surface area contributed by atoms with Gasteiger partial charge < -0.3 is 19.5 Å². The highest BCUT2D eigenvalue weighted by atomic mass is 79.9. The van der Waals surface area contributed by atoms with E-state index in [0.717, 1.165) is 10.0 Å². The number of nitrogens with zero attached hydrogens (tertiary/aromatic N) is 1. The molecular formula is C22H19BrN2O6. The van der Waals surface area contributed by atoms with Crippen molar-refractivity contribution in [2.45, 2.75) is 0 Å². The molecule has 0 aromatic heterocycles. The van der Waals surface area contributed by atoms with Gasteiger partial charge in [0, 0.05) is 16.1 Å². The molecule has 0 aliphatic rings. The third-order valence-corrected chi connectivity index (χ3v) is 5.08. The second-order valence-corrected chi connectivity index (χ2v) is 7.28. The second-order valence-electron chi connectivity index (χ2n) is 6.36. The Kier molecular flexibility index (Phi) is 6.76. The fourth-order valence-corrected chi connectivity index (χ4v) is 3.28. The van der Waals surface area contributed by atoms with Crippen LogP contribution in [0.25, 0.3) is 11.1 Å². The van der Waals surface area contributed by atoms with E-state index in [4.69, 9.17) is 14.2 Å². The number of amides is 1. The van der Waals surface area contributed by atoms with Gasteiger partial charge in [-0.2, -0.15) is 0 Å². The van der Waals surface area contributed by atoms with Crippen LogP contribution in [0.4, 0.5) is 11.4 Å². The van der Waals surface area contributed by atoms with Crippen molar-refractivity contribution in [1.82, 2.24) is 0 Å². The van der Waals surface area contributed by atoms with E-state index in [-0.39, 0.29) is 16.9 Å². The van der Waals surface area contributed by atoms with Crippen molar-refractivity contribution in [3.63, 3.8) is 0 Å². The van der Waals surface area contributed by atoms with E-state index in [1.165, 1.54) is 45.6 Å². The average molecular weight is 487 g/mol. The number of carbonyl (C=O) groups excluding carboxylic acids is 1. The normalized spacial score (nSPS) is 10.3. The Morgan fingerprint density at radius 2 is 1.48 bits per heavy atom. The number of anilines is 1. The van der Waals surface area contributed by atoms with Crippen molar-refractivity contribution in [1.29, 1.82) is 0 Å². The van der Waals surface area contributed by atoms with E-state index in [0.29, 0.717) is 22.8 Å². The highest BCUT2D eigenvalue weighted by molar-refractivity contribution is 9.10. The minimum Gasteiger partial charge on any atom is -0.493 e. The molecule has 3 aromatic rings. The molecule has 31 heavy (non-hydrogen) atoms. The predicted molar refractivity (Wildman–Crippen MR) is 120 cm³/mol. The SMILES string of the molecule is COc1cc(C(=O)Nc2ccc(-c3ccc(Br)cc3)cc2[N+](=O)[O-])cc(OC)c1OC. The highest BCUT2D eigenvalue weighted by Crippen LogP contribution is 2.39. The largest absolute Gasteiger partial charge is 0.493 e. The molecule has 0 spiro atoms. The van der Waals surface area contributed by atoms with Crippen LogP contribution in [0.2, 0.25) is 0 Å². The average Bonchev–Trinajstić information content (AvgIpc) is 2.78. The van der Waals surface area contributed by atoms with E-state index in [1.54, 1.807) is 6.07 Å². The van der Waals surface area contributed by atoms with E-state index >= 15 is 0 Å². The maximum atomic E-state index is 12.8. The number of rotatable bonds is 7. The van der Waals surface area contributed by atoms with E-state index < -0.39 is 10.8 Å². The molecule has 0 saturated carbocycles. The summed E-state index contributed by atoms with van der Waals surface area (Å²) in [5.74, 6) is 0.379. The van der Waals surface area contributed by atoms with Crippen molar-refractivity contribution in [2.75, 3.05) is 26.6 Å². The fourth-order valence-electron chi connectivity index (χ4n) is 3.02. The van der Waals surface area contributed by atoms with Crippen LogP contribution in [0.15, 0.2) is 59.1 Å². The molecule has 8 nitrogen and oxygen atoms in total. The maximum absolute atomic E-state index is 12.8. The van der Waals surface area contributed by atoms with Crippen molar-refractivity contribution in [2.24, 2.45) is 0 Å². The van der Waals surface area contributed by atoms with E-state index in [2.05, 4.69) is 21.2 Å². The number of methoxy groups -OCH3 is 3. The van der Waals surface area contributed by atoms with Crippen LogP contribution < -0.4 is 19.5 Å². The molecule has 3 rings (SSSR count). The quantitative estimate of drug-likeness (QED) is 0.359. The summed E-state index contributed by atoms with van der Waals surface area (Å²) >= 11 is 3.36. The third-order valence-electron chi connectivity index (χ3n) is 4.55. The van der Waals surface area contributed by atoms with Gasteiger partial charge in [-0.3, -0.25) is 14.9 Å². The molecule has 1 amide bonds. The highest BCUT2D eigenvalue weighted by Gasteiger charge is 2.21. The Balaban J connectivity index is 1.96. The second kappa shape index (κ2) is 9.48. The summed E-state index contributed by atoms with van der Waals surface area (Å²) in [6.45, 7) is 0. The Morgan fingerprint density at radius 3 is 2.00 bits per heavy atom. The van der Waals surface area contributed by atoms with Gasteiger partial charge in [-0.1, -0.05) is 34.1 Å². The fraction of sp³-hybridized carbons (Fsp3) is 0.136. The van der Waals surface area contributed by atoms with Gasteiger partial charge in [-0.05, 0) is 41.5 Å². The molecule has 1 N–H and O–H groups in total. The lowest BCUT2D eigenvalue weighted by molar-refractivity contribution is -0.383. The topological polar surface area (TPSA) is 99.9 Å². The molecule has 0 bridgehead atoms. The van der Waals surface area contributed by atoms with E-state index in [9.17, 15) is 14.9 Å². The van der Waals surface area contributed by atoms with Gasteiger partial charge in [0.1, 0.15) is 5.69 Å². The smallest absolute Gasteiger partial charge is 0.293 e. The zero-order chi connectivity index (χ0) is 22.5. The van der Waals surface area contributed by atoms with Gasteiger partial charge >= 0.3 is 0 Å². The summed E-state index contributed by atoms with van der Waals surface area (Å²) in [6.07, 6.45) is 0. The van der Waals surface area contributed by atoms with Gasteiger partial charge in [0.15, 0.2) is 11.5 Å². The molecule has 0 saturated heterocycles. The zero-order valence-electron chi connectivity index (χ0n) is 17.0. The molecule has 9 heteroatoms. The van der Waals surface area contributed by atoms with Crippen molar-refractivity contribution >= 4 is 33.2 Å². The number of nitro groups is 1. The number of ether oxygens (including phenoxy) is 3. The Morgan fingerprint density at radius 1 is 0.903 bits per heavy atom. The molecule has 0 fully saturated rings. The lowest BCUT2D eigenvalue weighted by atomic mass is 10.0. The molecular weight excluding hydrogens is 468 g/mol. The van der Waals surface area contributed by atoms with Crippen LogP contribution >= 0.6 is 15.9 Å². The van der Waals surface area contributed by atoms with Crippen molar-refractivity contribution in [3.05, 3.63) is 74.7 Å². The molecule has 0 atom stereocenters. The first-order valence-corrected chi connectivity index (χ1v) is 9.83. The van der Waals surface area contributed by atoms with Crippen LogP contribution in [0, 0.1) is 10.1 Å². The first kappa shape index (κ1) is 22.1. The maximum Gasteiger partial charge on any atom is 0.293 e. The lowest BCUT2D eigenvalue weighted by Gasteiger charge is -2.14. The molecule has 0 heterocycles. The number of benzene rings is 3. The Labute approximate surface area is 187 Å². The number of hydrogen-bond acceptors (Lipinski definition) is 6. The molecule has 0 aliphatic heterocycles. The summed E-state index contributed by atoms with van der Waals surface area (Å²) in [7, 11) is 4.33. The van der Waals surface area contributed by atoms with Gasteiger partial charge in [0.2, 0.25) is 5.75 Å². The molecule has 160 valence electrons. The summed E-state index contributed by atoms with van der Waals surface area (Å²) in [4.78, 5) is 23.9. The predicted octanol–water partition coefficient (Wildman–Crippen LogP) is 5.30. The monoisotopic (exact) mass is 486 g/mol. The molecule has 3 aromatic carbocycles. The summed E-state index contributed by atoms with van der Waals surface area (Å²) in [5.41, 5.74) is 1.52. The standard InChI is InChI=1S/C22H19BrN2O6/c1-29-19-11-15(12-20(30-2)21(19)31-3)22(26)24-17-9-6-14(10-18(17)25(27)28)13-4-7-16(23)8-5-13/h4-12H,1-3H3,(H,24,26). The van der Waals surface area contributed by atoms with Gasteiger partial charge in [0.25, 0.3) is 11.6 Å². The Bertz CT molecular complexity index is 1110. The van der Waals surface area contributed by atoms with Crippen LogP contribution in [-0.4, -0.2) is 32.2 Å². The van der Waals surface area contributed by atoms with Crippen molar-refractivity contribution in [3.8, 4) is 28.4 Å². The number of halogens is 1. The van der Waals surface area contributed by atoms with Crippen LogP contribution in [-0.2, 0) is 0 Å².